The molecule has 0 bridgehead atoms. The Kier molecular flexibility index (Phi) is 6.07. The minimum Gasteiger partial charge on any atom is -0.230 e. The van der Waals surface area contributed by atoms with E-state index in [0.29, 0.717) is 29.8 Å². The molecule has 6 rings (SSSR count). The van der Waals surface area contributed by atoms with Crippen molar-refractivity contribution in [3.05, 3.63) is 83.9 Å². The van der Waals surface area contributed by atoms with Gasteiger partial charge in [0.15, 0.2) is 0 Å². The van der Waals surface area contributed by atoms with Crippen LogP contribution in [0.5, 0.6) is 0 Å². The first kappa shape index (κ1) is 25.3. The lowest BCUT2D eigenvalue weighted by molar-refractivity contribution is 0.0566. The van der Waals surface area contributed by atoms with Crippen LogP contribution >= 0.6 is 0 Å². The maximum absolute atomic E-state index is 13.5. The molecule has 1 aliphatic rings. The molecule has 0 radical (unpaired) electrons. The van der Waals surface area contributed by atoms with Gasteiger partial charge in [0.2, 0.25) is 5.03 Å². The fourth-order valence-corrected chi connectivity index (χ4v) is 6.98. The molecule has 1 unspecified atom stereocenters. The molecule has 0 aliphatic carbocycles. The molecule has 202 valence electrons. The topological polar surface area (TPSA) is 104 Å². The van der Waals surface area contributed by atoms with Gasteiger partial charge in [-0.15, -0.1) is 5.10 Å². The maximum atomic E-state index is 13.5. The van der Waals surface area contributed by atoms with E-state index < -0.39 is 22.0 Å². The van der Waals surface area contributed by atoms with E-state index in [1.54, 1.807) is 17.9 Å². The number of rotatable bonds is 7. The van der Waals surface area contributed by atoms with E-state index in [2.05, 4.69) is 20.4 Å². The van der Waals surface area contributed by atoms with Crippen molar-refractivity contribution in [3.63, 3.8) is 0 Å². The highest BCUT2D eigenvalue weighted by Crippen LogP contribution is 2.42. The van der Waals surface area contributed by atoms with E-state index in [4.69, 9.17) is 0 Å². The summed E-state index contributed by atoms with van der Waals surface area (Å²) in [5.74, 6) is 0. The van der Waals surface area contributed by atoms with Gasteiger partial charge in [-0.2, -0.15) is 33.2 Å². The molecule has 5 aromatic rings. The molecule has 13 heteroatoms. The Bertz CT molecular complexity index is 1760. The van der Waals surface area contributed by atoms with E-state index in [1.807, 2.05) is 49.4 Å². The van der Waals surface area contributed by atoms with Gasteiger partial charge in [0.1, 0.15) is 5.69 Å². The quantitative estimate of drug-likeness (QED) is 0.306. The zero-order valence-electron chi connectivity index (χ0n) is 21.3. The van der Waals surface area contributed by atoms with Crippen molar-refractivity contribution in [1.29, 1.82) is 0 Å². The Balaban J connectivity index is 1.43. The Labute approximate surface area is 223 Å². The van der Waals surface area contributed by atoms with Crippen LogP contribution in [0.25, 0.3) is 16.6 Å². The number of sulfonamides is 1. The SMILES string of the molecule is Cc1cc2c(cnn2-c2cnn(C(F)F)c2)cc1C1(Cc2ccccc2)CCN(S(=O)(=O)c2cnn(C)n2)C1. The number of nitrogens with zero attached hydrogens (tertiary/aromatic N) is 8. The summed E-state index contributed by atoms with van der Waals surface area (Å²) in [7, 11) is -2.25. The first-order valence-electron chi connectivity index (χ1n) is 12.4. The number of aromatic nitrogens is 7. The molecule has 39 heavy (non-hydrogen) atoms. The van der Waals surface area contributed by atoms with Crippen molar-refractivity contribution >= 4 is 20.9 Å². The lowest BCUT2D eigenvalue weighted by Gasteiger charge is -2.32. The summed E-state index contributed by atoms with van der Waals surface area (Å²) in [5.41, 5.74) is 3.77. The Morgan fingerprint density at radius 1 is 1.05 bits per heavy atom. The third kappa shape index (κ3) is 4.40. The first-order valence-corrected chi connectivity index (χ1v) is 13.8. The summed E-state index contributed by atoms with van der Waals surface area (Å²) in [4.78, 5) is 1.24. The molecule has 10 nitrogen and oxygen atoms in total. The predicted molar refractivity (Wildman–Crippen MR) is 139 cm³/mol. The highest BCUT2D eigenvalue weighted by Gasteiger charge is 2.45. The minimum absolute atomic E-state index is 0.0710. The number of benzene rings is 2. The van der Waals surface area contributed by atoms with E-state index in [9.17, 15) is 17.2 Å². The van der Waals surface area contributed by atoms with Crippen molar-refractivity contribution in [3.8, 4) is 5.69 Å². The smallest absolute Gasteiger partial charge is 0.230 e. The second-order valence-electron chi connectivity index (χ2n) is 9.94. The van der Waals surface area contributed by atoms with Gasteiger partial charge in [-0.25, -0.2) is 17.8 Å². The normalized spacial score (nSPS) is 18.5. The summed E-state index contributed by atoms with van der Waals surface area (Å²) < 4.78 is 56.8. The van der Waals surface area contributed by atoms with E-state index in [1.165, 1.54) is 27.7 Å². The second-order valence-corrected chi connectivity index (χ2v) is 11.8. The van der Waals surface area contributed by atoms with Gasteiger partial charge in [0.05, 0.1) is 30.3 Å². The average molecular weight is 553 g/mol. The first-order chi connectivity index (χ1) is 18.7. The van der Waals surface area contributed by atoms with Gasteiger partial charge in [0.25, 0.3) is 10.0 Å². The van der Waals surface area contributed by atoms with Gasteiger partial charge in [-0.1, -0.05) is 30.3 Å². The Morgan fingerprint density at radius 2 is 1.85 bits per heavy atom. The number of halogens is 2. The van der Waals surface area contributed by atoms with E-state index in [-0.39, 0.29) is 11.6 Å². The lowest BCUT2D eigenvalue weighted by atomic mass is 9.73. The summed E-state index contributed by atoms with van der Waals surface area (Å²) in [6.45, 7) is -0.130. The van der Waals surface area contributed by atoms with Crippen molar-refractivity contribution in [1.82, 2.24) is 38.9 Å². The Hall–Kier alpha value is -3.97. The fourth-order valence-electron chi connectivity index (χ4n) is 5.56. The van der Waals surface area contributed by atoms with Gasteiger partial charge in [-0.3, -0.25) is 0 Å². The Morgan fingerprint density at radius 3 is 2.54 bits per heavy atom. The number of fused-ring (bicyclic) bond motifs is 1. The van der Waals surface area contributed by atoms with Gasteiger partial charge >= 0.3 is 6.55 Å². The third-order valence-electron chi connectivity index (χ3n) is 7.40. The van der Waals surface area contributed by atoms with Crippen LogP contribution < -0.4 is 0 Å². The molecule has 1 aliphatic heterocycles. The van der Waals surface area contributed by atoms with Gasteiger partial charge in [-0.05, 0) is 48.6 Å². The van der Waals surface area contributed by atoms with Crippen LogP contribution in [-0.2, 0) is 28.9 Å². The molecule has 0 amide bonds. The molecule has 1 fully saturated rings. The summed E-state index contributed by atoms with van der Waals surface area (Å²) in [6, 6.07) is 14.0. The molecule has 2 aromatic carbocycles. The fraction of sp³-hybridized carbons (Fsp3) is 0.308. The van der Waals surface area contributed by atoms with Crippen LogP contribution in [0.2, 0.25) is 0 Å². The monoisotopic (exact) mass is 552 g/mol. The predicted octanol–water partition coefficient (Wildman–Crippen LogP) is 3.63. The summed E-state index contributed by atoms with van der Waals surface area (Å²) >= 11 is 0. The minimum atomic E-state index is -3.83. The van der Waals surface area contributed by atoms with Crippen LogP contribution in [-0.4, -0.2) is 60.4 Å². The standard InChI is InChI=1S/C26H26F2N8O2S/c1-18-10-23-20(13-31-36(23)21-14-30-35(16-21)25(27)28)11-22(18)26(12-19-6-4-3-5-7-19)8-9-34(17-26)39(37,38)24-15-29-33(2)32-24/h3-7,10-11,13-16,25H,8-9,12,17H2,1-2H3. The van der Waals surface area contributed by atoms with Crippen LogP contribution in [0.1, 0.15) is 29.7 Å². The number of aryl methyl sites for hydroxylation is 2. The van der Waals surface area contributed by atoms with Crippen molar-refractivity contribution in [2.75, 3.05) is 13.1 Å². The van der Waals surface area contributed by atoms with Crippen molar-refractivity contribution in [2.24, 2.45) is 7.05 Å². The molecule has 3 aromatic heterocycles. The van der Waals surface area contributed by atoms with Gasteiger partial charge < -0.3 is 0 Å². The molecular formula is C26H26F2N8O2S. The van der Waals surface area contributed by atoms with Crippen LogP contribution in [0.15, 0.2) is 72.3 Å². The molecule has 0 spiro atoms. The zero-order valence-corrected chi connectivity index (χ0v) is 22.1. The van der Waals surface area contributed by atoms with Crippen LogP contribution in [0.4, 0.5) is 8.78 Å². The van der Waals surface area contributed by atoms with Crippen LogP contribution in [0.3, 0.4) is 0 Å². The highest BCUT2D eigenvalue weighted by molar-refractivity contribution is 7.89. The summed E-state index contributed by atoms with van der Waals surface area (Å²) in [6.07, 6.45) is 6.82. The van der Waals surface area contributed by atoms with E-state index in [0.717, 1.165) is 27.6 Å². The number of alkyl halides is 2. The van der Waals surface area contributed by atoms with Crippen molar-refractivity contribution < 1.29 is 17.2 Å². The van der Waals surface area contributed by atoms with Gasteiger partial charge in [0, 0.05) is 30.9 Å². The molecular weight excluding hydrogens is 526 g/mol. The highest BCUT2D eigenvalue weighted by atomic mass is 32.2. The van der Waals surface area contributed by atoms with Crippen molar-refractivity contribution in [2.45, 2.75) is 36.8 Å². The number of hydrogen-bond acceptors (Lipinski definition) is 6. The van der Waals surface area contributed by atoms with E-state index >= 15 is 0 Å². The number of hydrogen-bond donors (Lipinski definition) is 0. The average Bonchev–Trinajstić information content (AvgIpc) is 3.70. The van der Waals surface area contributed by atoms with Crippen LogP contribution in [0, 0.1) is 6.92 Å². The molecule has 0 saturated carbocycles. The zero-order chi connectivity index (χ0) is 27.4. The maximum Gasteiger partial charge on any atom is 0.333 e. The second kappa shape index (κ2) is 9.35. The largest absolute Gasteiger partial charge is 0.333 e. The molecule has 4 heterocycles. The molecule has 1 atom stereocenters. The molecule has 1 saturated heterocycles. The summed E-state index contributed by atoms with van der Waals surface area (Å²) in [5, 5.41) is 16.9. The molecule has 0 N–H and O–H groups in total. The lowest BCUT2D eigenvalue weighted by Crippen LogP contribution is -2.36. The third-order valence-corrected chi connectivity index (χ3v) is 9.11.